The van der Waals surface area contributed by atoms with E-state index in [1.807, 2.05) is 20.8 Å². The van der Waals surface area contributed by atoms with Crippen molar-refractivity contribution >= 4 is 22.7 Å². The van der Waals surface area contributed by atoms with Gasteiger partial charge in [-0.25, -0.2) is 4.39 Å². The number of amides is 2. The van der Waals surface area contributed by atoms with Crippen molar-refractivity contribution in [3.63, 3.8) is 0 Å². The Labute approximate surface area is 145 Å². The first-order valence-corrected chi connectivity index (χ1v) is 8.80. The molecule has 25 heavy (non-hydrogen) atoms. The van der Waals surface area contributed by atoms with Gasteiger partial charge in [0.2, 0.25) is 5.91 Å². The Balaban J connectivity index is 1.92. The summed E-state index contributed by atoms with van der Waals surface area (Å²) in [7, 11) is 0. The summed E-state index contributed by atoms with van der Waals surface area (Å²) >= 11 is 0. The number of nitrogens with one attached hydrogen (secondary N) is 1. The number of aromatic amines is 1. The van der Waals surface area contributed by atoms with Crippen molar-refractivity contribution in [1.29, 1.82) is 0 Å². The van der Waals surface area contributed by atoms with Gasteiger partial charge in [0.1, 0.15) is 12.4 Å². The van der Waals surface area contributed by atoms with Crippen LogP contribution in [0.1, 0.15) is 38.4 Å². The van der Waals surface area contributed by atoms with Crippen LogP contribution in [0.3, 0.4) is 0 Å². The molecule has 2 aliphatic heterocycles. The highest BCUT2D eigenvalue weighted by Crippen LogP contribution is 2.42. The molecule has 2 amide bonds. The number of benzene rings is 1. The standard InChI is InChI=1S/C19H22FN3O2/c1-4-11(2)22-10-16(24)23-8-7-13-14-9-12(20)5-6-15(14)21-17(13)19(23,3)18(22)25/h5-6,9,11,21H,4,7-8,10H2,1-3H3/t11-,19-/m0/s1. The fourth-order valence-corrected chi connectivity index (χ4v) is 4.23. The molecule has 0 spiro atoms. The number of aromatic nitrogens is 1. The van der Waals surface area contributed by atoms with Crippen LogP contribution in [-0.2, 0) is 21.5 Å². The van der Waals surface area contributed by atoms with E-state index < -0.39 is 5.54 Å². The largest absolute Gasteiger partial charge is 0.356 e. The number of rotatable bonds is 2. The van der Waals surface area contributed by atoms with Crippen molar-refractivity contribution in [3.05, 3.63) is 35.3 Å². The Kier molecular flexibility index (Phi) is 3.42. The molecule has 2 atom stereocenters. The van der Waals surface area contributed by atoms with E-state index in [1.165, 1.54) is 12.1 Å². The number of carbonyl (C=O) groups excluding carboxylic acids is 2. The summed E-state index contributed by atoms with van der Waals surface area (Å²) in [4.78, 5) is 32.8. The molecule has 2 aromatic rings. The molecule has 3 heterocycles. The molecule has 132 valence electrons. The van der Waals surface area contributed by atoms with Gasteiger partial charge in [-0.1, -0.05) is 6.92 Å². The molecule has 6 heteroatoms. The van der Waals surface area contributed by atoms with Gasteiger partial charge in [0.05, 0.1) is 5.69 Å². The van der Waals surface area contributed by atoms with Gasteiger partial charge in [-0.3, -0.25) is 9.59 Å². The SMILES string of the molecule is CC[C@H](C)N1CC(=O)N2CCc3c([nH]c4ccc(F)cc34)[C@@]2(C)C1=O. The third-order valence-electron chi connectivity index (χ3n) is 5.89. The molecule has 2 aliphatic rings. The predicted molar refractivity (Wildman–Crippen MR) is 92.5 cm³/mol. The van der Waals surface area contributed by atoms with Gasteiger partial charge in [-0.2, -0.15) is 0 Å². The van der Waals surface area contributed by atoms with Crippen molar-refractivity contribution in [3.8, 4) is 0 Å². The minimum atomic E-state index is -1.05. The van der Waals surface area contributed by atoms with Crippen LogP contribution in [0.2, 0.25) is 0 Å². The molecule has 1 aromatic carbocycles. The zero-order valence-corrected chi connectivity index (χ0v) is 14.7. The van der Waals surface area contributed by atoms with Crippen LogP contribution in [0.15, 0.2) is 18.2 Å². The van der Waals surface area contributed by atoms with Gasteiger partial charge in [-0.15, -0.1) is 0 Å². The van der Waals surface area contributed by atoms with Gasteiger partial charge < -0.3 is 14.8 Å². The van der Waals surface area contributed by atoms with Gasteiger partial charge in [0.15, 0.2) is 5.54 Å². The normalized spacial score (nSPS) is 24.5. The maximum atomic E-state index is 13.7. The van der Waals surface area contributed by atoms with Crippen LogP contribution in [0.5, 0.6) is 0 Å². The lowest BCUT2D eigenvalue weighted by Gasteiger charge is -2.50. The molecule has 0 radical (unpaired) electrons. The van der Waals surface area contributed by atoms with Crippen molar-refractivity contribution in [1.82, 2.24) is 14.8 Å². The second-order valence-electron chi connectivity index (χ2n) is 7.23. The third kappa shape index (κ3) is 2.06. The Hall–Kier alpha value is -2.37. The van der Waals surface area contributed by atoms with Crippen LogP contribution in [0, 0.1) is 5.82 Å². The number of fused-ring (bicyclic) bond motifs is 5. The number of nitrogens with zero attached hydrogens (tertiary/aromatic N) is 2. The van der Waals surface area contributed by atoms with Crippen LogP contribution >= 0.6 is 0 Å². The summed E-state index contributed by atoms with van der Waals surface area (Å²) in [6.45, 7) is 6.40. The summed E-state index contributed by atoms with van der Waals surface area (Å²) in [6.07, 6.45) is 1.41. The van der Waals surface area contributed by atoms with E-state index in [0.717, 1.165) is 28.6 Å². The molecule has 4 rings (SSSR count). The van der Waals surface area contributed by atoms with E-state index in [-0.39, 0.29) is 30.2 Å². The third-order valence-corrected chi connectivity index (χ3v) is 5.89. The number of hydrogen-bond acceptors (Lipinski definition) is 2. The molecule has 1 saturated heterocycles. The van der Waals surface area contributed by atoms with Gasteiger partial charge in [0, 0.05) is 23.5 Å². The fourth-order valence-electron chi connectivity index (χ4n) is 4.23. The Bertz CT molecular complexity index is 890. The minimum absolute atomic E-state index is 0.00243. The lowest BCUT2D eigenvalue weighted by atomic mass is 9.82. The van der Waals surface area contributed by atoms with Gasteiger partial charge >= 0.3 is 0 Å². The first-order chi connectivity index (χ1) is 11.9. The van der Waals surface area contributed by atoms with Crippen LogP contribution < -0.4 is 0 Å². The summed E-state index contributed by atoms with van der Waals surface area (Å²) in [5.74, 6) is -0.388. The Morgan fingerprint density at radius 1 is 1.36 bits per heavy atom. The van der Waals surface area contributed by atoms with E-state index in [1.54, 1.807) is 15.9 Å². The van der Waals surface area contributed by atoms with Crippen LogP contribution in [-0.4, -0.2) is 45.7 Å². The number of piperazine rings is 1. The lowest BCUT2D eigenvalue weighted by Crippen LogP contribution is -2.68. The van der Waals surface area contributed by atoms with Gasteiger partial charge in [-0.05, 0) is 50.5 Å². The zero-order valence-electron chi connectivity index (χ0n) is 14.7. The average molecular weight is 343 g/mol. The molecular weight excluding hydrogens is 321 g/mol. The van der Waals surface area contributed by atoms with E-state index in [4.69, 9.17) is 0 Å². The Morgan fingerprint density at radius 3 is 2.84 bits per heavy atom. The Morgan fingerprint density at radius 2 is 2.12 bits per heavy atom. The zero-order chi connectivity index (χ0) is 17.9. The van der Waals surface area contributed by atoms with Crippen molar-refractivity contribution in [2.75, 3.05) is 13.1 Å². The minimum Gasteiger partial charge on any atom is -0.356 e. The molecular formula is C19H22FN3O2. The van der Waals surface area contributed by atoms with Crippen molar-refractivity contribution < 1.29 is 14.0 Å². The first-order valence-electron chi connectivity index (χ1n) is 8.80. The number of H-pyrrole nitrogens is 1. The number of hydrogen-bond donors (Lipinski definition) is 1. The fraction of sp³-hybridized carbons (Fsp3) is 0.474. The molecule has 0 saturated carbocycles. The summed E-state index contributed by atoms with van der Waals surface area (Å²) in [5, 5.41) is 0.803. The monoisotopic (exact) mass is 343 g/mol. The highest BCUT2D eigenvalue weighted by Gasteiger charge is 2.54. The molecule has 5 nitrogen and oxygen atoms in total. The highest BCUT2D eigenvalue weighted by molar-refractivity contribution is 6.00. The maximum Gasteiger partial charge on any atom is 0.255 e. The van der Waals surface area contributed by atoms with Crippen molar-refractivity contribution in [2.45, 2.75) is 45.2 Å². The number of carbonyl (C=O) groups is 2. The predicted octanol–water partition coefficient (Wildman–Crippen LogP) is 2.55. The second kappa shape index (κ2) is 5.31. The van der Waals surface area contributed by atoms with E-state index in [0.29, 0.717) is 13.0 Å². The molecule has 0 aliphatic carbocycles. The highest BCUT2D eigenvalue weighted by atomic mass is 19.1. The van der Waals surface area contributed by atoms with E-state index in [2.05, 4.69) is 4.98 Å². The lowest BCUT2D eigenvalue weighted by molar-refractivity contribution is -0.168. The molecule has 0 unspecified atom stereocenters. The summed E-state index contributed by atoms with van der Waals surface area (Å²) in [6, 6.07) is 4.61. The first kappa shape index (κ1) is 16.1. The van der Waals surface area contributed by atoms with E-state index in [9.17, 15) is 14.0 Å². The molecule has 1 fully saturated rings. The van der Waals surface area contributed by atoms with Crippen LogP contribution in [0.25, 0.3) is 10.9 Å². The quantitative estimate of drug-likeness (QED) is 0.911. The van der Waals surface area contributed by atoms with Gasteiger partial charge in [0.25, 0.3) is 5.91 Å². The molecule has 0 bridgehead atoms. The molecule has 1 N–H and O–H groups in total. The van der Waals surface area contributed by atoms with E-state index >= 15 is 0 Å². The number of halogens is 1. The summed E-state index contributed by atoms with van der Waals surface area (Å²) < 4.78 is 13.7. The summed E-state index contributed by atoms with van der Waals surface area (Å²) in [5.41, 5.74) is 1.42. The smallest absolute Gasteiger partial charge is 0.255 e. The second-order valence-corrected chi connectivity index (χ2v) is 7.23. The topological polar surface area (TPSA) is 56.4 Å². The maximum absolute atomic E-state index is 13.7. The van der Waals surface area contributed by atoms with Crippen LogP contribution in [0.4, 0.5) is 4.39 Å². The van der Waals surface area contributed by atoms with Crippen molar-refractivity contribution in [2.24, 2.45) is 0 Å². The molecule has 1 aromatic heterocycles. The average Bonchev–Trinajstić information content (AvgIpc) is 2.96.